The highest BCUT2D eigenvalue weighted by molar-refractivity contribution is 5.72. The third-order valence-corrected chi connectivity index (χ3v) is 4.38. The number of fused-ring (bicyclic) bond motifs is 2. The lowest BCUT2D eigenvalue weighted by Gasteiger charge is -2.30. The first-order chi connectivity index (χ1) is 10.8. The summed E-state index contributed by atoms with van der Waals surface area (Å²) in [4.78, 5) is 0. The molecule has 2 unspecified atom stereocenters. The van der Waals surface area contributed by atoms with E-state index in [1.54, 1.807) is 0 Å². The predicted molar refractivity (Wildman–Crippen MR) is 86.4 cm³/mol. The van der Waals surface area contributed by atoms with Gasteiger partial charge in [-0.15, -0.1) is 0 Å². The average molecular weight is 288 g/mol. The van der Waals surface area contributed by atoms with E-state index < -0.39 is 12.2 Å². The molecule has 0 amide bonds. The lowest BCUT2D eigenvalue weighted by molar-refractivity contribution is 0.174. The lowest BCUT2D eigenvalue weighted by Crippen LogP contribution is -2.18. The number of hydrogen-bond acceptors (Lipinski definition) is 2. The van der Waals surface area contributed by atoms with Gasteiger partial charge in [-0.25, -0.2) is 0 Å². The van der Waals surface area contributed by atoms with E-state index >= 15 is 0 Å². The van der Waals surface area contributed by atoms with E-state index in [1.165, 1.54) is 0 Å². The highest BCUT2D eigenvalue weighted by atomic mass is 16.3. The number of benzene rings is 3. The van der Waals surface area contributed by atoms with Gasteiger partial charge in [0.25, 0.3) is 0 Å². The van der Waals surface area contributed by atoms with Crippen LogP contribution in [0.3, 0.4) is 0 Å². The second-order valence-corrected chi connectivity index (χ2v) is 5.61. The average Bonchev–Trinajstić information content (AvgIpc) is 2.60. The van der Waals surface area contributed by atoms with E-state index in [1.807, 2.05) is 72.8 Å². The van der Waals surface area contributed by atoms with Crippen molar-refractivity contribution in [3.05, 3.63) is 95.1 Å². The molecule has 1 aliphatic carbocycles. The summed E-state index contributed by atoms with van der Waals surface area (Å²) in [5.74, 6) is 0. The summed E-state index contributed by atoms with van der Waals surface area (Å²) in [7, 11) is 0. The van der Waals surface area contributed by atoms with Crippen LogP contribution in [-0.2, 0) is 0 Å². The maximum atomic E-state index is 10.9. The van der Waals surface area contributed by atoms with Gasteiger partial charge < -0.3 is 10.2 Å². The van der Waals surface area contributed by atoms with E-state index in [4.69, 9.17) is 0 Å². The highest BCUT2D eigenvalue weighted by Crippen LogP contribution is 2.44. The molecule has 0 saturated heterocycles. The summed E-state index contributed by atoms with van der Waals surface area (Å²) >= 11 is 0. The Labute approximate surface area is 129 Å². The Morgan fingerprint density at radius 2 is 1.14 bits per heavy atom. The molecule has 0 spiro atoms. The minimum absolute atomic E-state index is 0.696. The molecule has 0 heterocycles. The molecule has 0 fully saturated rings. The molecule has 2 heteroatoms. The van der Waals surface area contributed by atoms with Crippen LogP contribution in [0.5, 0.6) is 0 Å². The van der Waals surface area contributed by atoms with Crippen molar-refractivity contribution in [2.24, 2.45) is 0 Å². The minimum atomic E-state index is -0.717. The zero-order valence-electron chi connectivity index (χ0n) is 12.0. The Balaban J connectivity index is 1.98. The van der Waals surface area contributed by atoms with Crippen molar-refractivity contribution >= 4 is 0 Å². The van der Waals surface area contributed by atoms with Gasteiger partial charge in [-0.3, -0.25) is 0 Å². The summed E-state index contributed by atoms with van der Waals surface area (Å²) in [6.07, 6.45) is -1.41. The summed E-state index contributed by atoms with van der Waals surface area (Å²) in [6.45, 7) is 0. The summed E-state index contributed by atoms with van der Waals surface area (Å²) in [5.41, 5.74) is 5.18. The number of aliphatic hydroxyl groups excluding tert-OH is 2. The second kappa shape index (κ2) is 5.09. The normalized spacial score (nSPS) is 19.4. The van der Waals surface area contributed by atoms with E-state index in [0.717, 1.165) is 33.4 Å². The summed E-state index contributed by atoms with van der Waals surface area (Å²) in [6, 6.07) is 23.3. The molecule has 0 aromatic heterocycles. The molecule has 2 atom stereocenters. The molecule has 3 aromatic rings. The quantitative estimate of drug-likeness (QED) is 0.714. The standard InChI is InChI=1S/C20H16O2/c21-19-15-9-4-5-10-16(15)20(22)18-14(11-6-12-17(18)19)13-7-2-1-3-8-13/h1-12,19-22H. The fraction of sp³-hybridized carbons (Fsp3) is 0.100. The third-order valence-electron chi connectivity index (χ3n) is 4.38. The van der Waals surface area contributed by atoms with Crippen LogP contribution in [0.2, 0.25) is 0 Å². The SMILES string of the molecule is OC1c2ccccc2C(O)c2c(-c3ccccc3)cccc21. The van der Waals surface area contributed by atoms with Gasteiger partial charge in [-0.1, -0.05) is 72.8 Å². The topological polar surface area (TPSA) is 40.5 Å². The first-order valence-corrected chi connectivity index (χ1v) is 7.40. The highest BCUT2D eigenvalue weighted by Gasteiger charge is 2.31. The van der Waals surface area contributed by atoms with E-state index in [9.17, 15) is 10.2 Å². The monoisotopic (exact) mass is 288 g/mol. The van der Waals surface area contributed by atoms with Crippen molar-refractivity contribution in [1.29, 1.82) is 0 Å². The van der Waals surface area contributed by atoms with Crippen molar-refractivity contribution in [3.63, 3.8) is 0 Å². The molecule has 4 rings (SSSR count). The Hall–Kier alpha value is -2.42. The van der Waals surface area contributed by atoms with Crippen LogP contribution in [0.25, 0.3) is 11.1 Å². The van der Waals surface area contributed by atoms with Crippen molar-refractivity contribution in [3.8, 4) is 11.1 Å². The Kier molecular flexibility index (Phi) is 3.07. The van der Waals surface area contributed by atoms with Gasteiger partial charge in [0.05, 0.1) is 0 Å². The Morgan fingerprint density at radius 3 is 1.86 bits per heavy atom. The van der Waals surface area contributed by atoms with Crippen molar-refractivity contribution < 1.29 is 10.2 Å². The predicted octanol–water partition coefficient (Wildman–Crippen LogP) is 3.83. The molecule has 1 aliphatic rings. The molecule has 22 heavy (non-hydrogen) atoms. The molecule has 108 valence electrons. The van der Waals surface area contributed by atoms with Crippen molar-refractivity contribution in [2.45, 2.75) is 12.2 Å². The zero-order chi connectivity index (χ0) is 15.1. The Morgan fingerprint density at radius 1 is 0.545 bits per heavy atom. The third kappa shape index (κ3) is 1.89. The van der Waals surface area contributed by atoms with E-state index in [0.29, 0.717) is 0 Å². The van der Waals surface area contributed by atoms with Crippen LogP contribution in [0, 0.1) is 0 Å². The molecule has 3 aromatic carbocycles. The smallest absolute Gasteiger partial charge is 0.105 e. The fourth-order valence-electron chi connectivity index (χ4n) is 3.33. The lowest BCUT2D eigenvalue weighted by atomic mass is 9.79. The van der Waals surface area contributed by atoms with Gasteiger partial charge in [-0.2, -0.15) is 0 Å². The van der Waals surface area contributed by atoms with Crippen LogP contribution in [0.1, 0.15) is 34.5 Å². The first kappa shape index (κ1) is 13.3. The van der Waals surface area contributed by atoms with Crippen molar-refractivity contribution in [2.75, 3.05) is 0 Å². The fourth-order valence-corrected chi connectivity index (χ4v) is 3.33. The molecular weight excluding hydrogens is 272 g/mol. The minimum Gasteiger partial charge on any atom is -0.384 e. The van der Waals surface area contributed by atoms with Gasteiger partial charge in [0.1, 0.15) is 12.2 Å². The van der Waals surface area contributed by atoms with Gasteiger partial charge >= 0.3 is 0 Å². The van der Waals surface area contributed by atoms with Gasteiger partial charge in [0.2, 0.25) is 0 Å². The van der Waals surface area contributed by atoms with Crippen LogP contribution in [0.4, 0.5) is 0 Å². The number of aliphatic hydroxyl groups is 2. The second-order valence-electron chi connectivity index (χ2n) is 5.61. The van der Waals surface area contributed by atoms with Gasteiger partial charge in [0.15, 0.2) is 0 Å². The summed E-state index contributed by atoms with van der Waals surface area (Å²) < 4.78 is 0. The molecular formula is C20H16O2. The summed E-state index contributed by atoms with van der Waals surface area (Å²) in [5, 5.41) is 21.6. The first-order valence-electron chi connectivity index (χ1n) is 7.40. The Bertz CT molecular complexity index is 824. The van der Waals surface area contributed by atoms with Crippen LogP contribution in [0.15, 0.2) is 72.8 Å². The van der Waals surface area contributed by atoms with E-state index in [-0.39, 0.29) is 0 Å². The van der Waals surface area contributed by atoms with Crippen LogP contribution in [-0.4, -0.2) is 10.2 Å². The van der Waals surface area contributed by atoms with Gasteiger partial charge in [0, 0.05) is 0 Å². The number of rotatable bonds is 1. The van der Waals surface area contributed by atoms with Crippen LogP contribution >= 0.6 is 0 Å². The zero-order valence-corrected chi connectivity index (χ0v) is 12.0. The molecule has 0 bridgehead atoms. The number of hydrogen-bond donors (Lipinski definition) is 2. The van der Waals surface area contributed by atoms with E-state index in [2.05, 4.69) is 0 Å². The maximum Gasteiger partial charge on any atom is 0.105 e. The molecule has 0 aliphatic heterocycles. The molecule has 0 radical (unpaired) electrons. The molecule has 2 N–H and O–H groups in total. The molecule has 0 saturated carbocycles. The maximum absolute atomic E-state index is 10.9. The van der Waals surface area contributed by atoms with Crippen molar-refractivity contribution in [1.82, 2.24) is 0 Å². The molecule has 2 nitrogen and oxygen atoms in total. The largest absolute Gasteiger partial charge is 0.384 e. The van der Waals surface area contributed by atoms with Crippen LogP contribution < -0.4 is 0 Å². The van der Waals surface area contributed by atoms with Gasteiger partial charge in [-0.05, 0) is 33.4 Å².